The molecule has 220 valence electrons. The summed E-state index contributed by atoms with van der Waals surface area (Å²) in [4.78, 5) is 10.4. The second-order valence-corrected chi connectivity index (χ2v) is 10.7. The molecule has 1 N–H and O–H groups in total. The molecule has 0 spiro atoms. The van der Waals surface area contributed by atoms with Crippen LogP contribution in [0.2, 0.25) is 0 Å². The van der Waals surface area contributed by atoms with Gasteiger partial charge in [0.15, 0.2) is 0 Å². The van der Waals surface area contributed by atoms with Crippen molar-refractivity contribution in [2.24, 2.45) is 0 Å². The first-order chi connectivity index (χ1) is 18.2. The maximum absolute atomic E-state index is 10.8. The minimum absolute atomic E-state index is 0.103. The number of unbranched alkanes of at least 4 members (excludes halogenated alkanes) is 11. The van der Waals surface area contributed by atoms with Crippen molar-refractivity contribution in [3.8, 4) is 0 Å². The molecule has 0 bridgehead atoms. The van der Waals surface area contributed by atoms with Crippen molar-refractivity contribution >= 4 is 21.9 Å². The van der Waals surface area contributed by atoms with Gasteiger partial charge in [0.25, 0.3) is 0 Å². The SMILES string of the molecule is O=C(O)C(Br)CCCCCCCCCCCCCCC1COCCOCCOCCOCCOCCO1. The van der Waals surface area contributed by atoms with Gasteiger partial charge in [-0.3, -0.25) is 4.79 Å². The molecule has 0 aliphatic carbocycles. The van der Waals surface area contributed by atoms with Gasteiger partial charge in [-0.2, -0.15) is 0 Å². The predicted octanol–water partition coefficient (Wildman–Crippen LogP) is 5.78. The molecule has 1 aliphatic rings. The summed E-state index contributed by atoms with van der Waals surface area (Å²) in [6.07, 6.45) is 16.7. The fraction of sp³-hybridized carbons (Fsp3) is 0.964. The Bertz CT molecular complexity index is 479. The molecule has 0 aromatic carbocycles. The average molecular weight is 598 g/mol. The van der Waals surface area contributed by atoms with Gasteiger partial charge in [0.05, 0.1) is 78.8 Å². The summed E-state index contributed by atoms with van der Waals surface area (Å²) in [6.45, 7) is 6.31. The van der Waals surface area contributed by atoms with Gasteiger partial charge in [-0.1, -0.05) is 93.0 Å². The predicted molar refractivity (Wildman–Crippen MR) is 149 cm³/mol. The van der Waals surface area contributed by atoms with Gasteiger partial charge in [0, 0.05) is 0 Å². The number of hydrogen-bond acceptors (Lipinski definition) is 7. The molecule has 0 radical (unpaired) electrons. The zero-order valence-corrected chi connectivity index (χ0v) is 24.6. The molecular weight excluding hydrogens is 544 g/mol. The Labute approximate surface area is 233 Å². The molecule has 9 heteroatoms. The lowest BCUT2D eigenvalue weighted by atomic mass is 10.0. The first-order valence-corrected chi connectivity index (χ1v) is 15.5. The van der Waals surface area contributed by atoms with Crippen LogP contribution in [-0.4, -0.2) is 94.7 Å². The fourth-order valence-corrected chi connectivity index (χ4v) is 4.49. The van der Waals surface area contributed by atoms with Crippen molar-refractivity contribution < 1.29 is 38.3 Å². The number of rotatable bonds is 16. The number of ether oxygens (including phenoxy) is 6. The van der Waals surface area contributed by atoms with E-state index in [4.69, 9.17) is 33.5 Å². The fourth-order valence-electron chi connectivity index (χ4n) is 4.17. The van der Waals surface area contributed by atoms with Gasteiger partial charge < -0.3 is 33.5 Å². The smallest absolute Gasteiger partial charge is 0.317 e. The summed E-state index contributed by atoms with van der Waals surface area (Å²) in [6, 6.07) is 0. The van der Waals surface area contributed by atoms with Crippen molar-refractivity contribution in [3.05, 3.63) is 0 Å². The molecule has 0 saturated carbocycles. The van der Waals surface area contributed by atoms with Crippen molar-refractivity contribution in [3.63, 3.8) is 0 Å². The van der Waals surface area contributed by atoms with E-state index in [0.29, 0.717) is 72.7 Å². The molecule has 1 heterocycles. The lowest BCUT2D eigenvalue weighted by Crippen LogP contribution is -2.24. The van der Waals surface area contributed by atoms with Crippen LogP contribution in [0.4, 0.5) is 0 Å². The van der Waals surface area contributed by atoms with Gasteiger partial charge in [-0.05, 0) is 12.8 Å². The van der Waals surface area contributed by atoms with Crippen LogP contribution in [-0.2, 0) is 33.2 Å². The molecule has 2 unspecified atom stereocenters. The van der Waals surface area contributed by atoms with E-state index < -0.39 is 5.97 Å². The van der Waals surface area contributed by atoms with Crippen LogP contribution in [0, 0.1) is 0 Å². The van der Waals surface area contributed by atoms with Crippen LogP contribution in [0.5, 0.6) is 0 Å². The van der Waals surface area contributed by atoms with E-state index in [1.807, 2.05) is 0 Å². The number of carbonyl (C=O) groups is 1. The van der Waals surface area contributed by atoms with Crippen LogP contribution in [0.1, 0.15) is 89.9 Å². The lowest BCUT2D eigenvalue weighted by Gasteiger charge is -2.18. The quantitative estimate of drug-likeness (QED) is 0.177. The Balaban J connectivity index is 1.99. The van der Waals surface area contributed by atoms with Crippen LogP contribution >= 0.6 is 15.9 Å². The van der Waals surface area contributed by atoms with Crippen molar-refractivity contribution in [2.45, 2.75) is 101 Å². The number of halogens is 1. The molecule has 8 nitrogen and oxygen atoms in total. The molecule has 1 saturated heterocycles. The Morgan fingerprint density at radius 3 is 1.43 bits per heavy atom. The minimum atomic E-state index is -0.751. The second-order valence-electron chi connectivity index (χ2n) is 9.64. The minimum Gasteiger partial charge on any atom is -0.480 e. The molecule has 1 rings (SSSR count). The van der Waals surface area contributed by atoms with E-state index in [0.717, 1.165) is 32.1 Å². The first kappa shape index (κ1) is 34.7. The summed E-state index contributed by atoms with van der Waals surface area (Å²) in [7, 11) is 0. The second kappa shape index (κ2) is 27.3. The highest BCUT2D eigenvalue weighted by molar-refractivity contribution is 9.10. The molecular formula is C28H53BrO8. The van der Waals surface area contributed by atoms with Crippen LogP contribution in [0.3, 0.4) is 0 Å². The van der Waals surface area contributed by atoms with Gasteiger partial charge >= 0.3 is 5.97 Å². The summed E-state index contributed by atoms with van der Waals surface area (Å²) >= 11 is 3.20. The van der Waals surface area contributed by atoms with Crippen LogP contribution in [0.25, 0.3) is 0 Å². The molecule has 1 fully saturated rings. The van der Waals surface area contributed by atoms with Crippen molar-refractivity contribution in [2.75, 3.05) is 72.7 Å². The molecule has 1 aliphatic heterocycles. The summed E-state index contributed by atoms with van der Waals surface area (Å²) < 4.78 is 33.9. The molecule has 0 aromatic rings. The van der Waals surface area contributed by atoms with E-state index in [2.05, 4.69) is 15.9 Å². The Kier molecular flexibility index (Phi) is 25.6. The van der Waals surface area contributed by atoms with Crippen LogP contribution < -0.4 is 0 Å². The molecule has 2 atom stereocenters. The van der Waals surface area contributed by atoms with Crippen molar-refractivity contribution in [1.82, 2.24) is 0 Å². The third-order valence-electron chi connectivity index (χ3n) is 6.37. The summed E-state index contributed by atoms with van der Waals surface area (Å²) in [5, 5.41) is 8.86. The first-order valence-electron chi connectivity index (χ1n) is 14.6. The highest BCUT2D eigenvalue weighted by Gasteiger charge is 2.12. The van der Waals surface area contributed by atoms with E-state index in [1.165, 1.54) is 57.8 Å². The lowest BCUT2D eigenvalue weighted by molar-refractivity contribution is -0.136. The normalized spacial score (nSPS) is 20.6. The highest BCUT2D eigenvalue weighted by Crippen LogP contribution is 2.16. The van der Waals surface area contributed by atoms with Crippen LogP contribution in [0.15, 0.2) is 0 Å². The summed E-state index contributed by atoms with van der Waals surface area (Å²) in [5.41, 5.74) is 0. The monoisotopic (exact) mass is 596 g/mol. The summed E-state index contributed by atoms with van der Waals surface area (Å²) in [5.74, 6) is -0.751. The third kappa shape index (κ3) is 24.5. The number of aliphatic carboxylic acids is 1. The number of hydrogen-bond donors (Lipinski definition) is 1. The Morgan fingerprint density at radius 1 is 0.595 bits per heavy atom. The topological polar surface area (TPSA) is 92.7 Å². The van der Waals surface area contributed by atoms with Gasteiger partial charge in [-0.25, -0.2) is 0 Å². The third-order valence-corrected chi connectivity index (χ3v) is 7.22. The zero-order chi connectivity index (χ0) is 26.7. The highest BCUT2D eigenvalue weighted by atomic mass is 79.9. The maximum atomic E-state index is 10.8. The van der Waals surface area contributed by atoms with E-state index in [1.54, 1.807) is 0 Å². The average Bonchev–Trinajstić information content (AvgIpc) is 2.89. The zero-order valence-electron chi connectivity index (χ0n) is 23.0. The standard InChI is InChI=1S/C28H53BrO8/c29-27(28(30)31)14-12-10-8-6-4-2-1-3-5-7-9-11-13-26-25-36-22-21-34-18-17-32-15-16-33-19-20-35-23-24-37-26/h26-27H,1-25H2,(H,30,31). The van der Waals surface area contributed by atoms with Crippen molar-refractivity contribution in [1.29, 1.82) is 0 Å². The van der Waals surface area contributed by atoms with E-state index in [-0.39, 0.29) is 10.9 Å². The molecule has 37 heavy (non-hydrogen) atoms. The largest absolute Gasteiger partial charge is 0.480 e. The van der Waals surface area contributed by atoms with Gasteiger partial charge in [0.2, 0.25) is 0 Å². The van der Waals surface area contributed by atoms with Gasteiger partial charge in [-0.15, -0.1) is 0 Å². The van der Waals surface area contributed by atoms with E-state index in [9.17, 15) is 4.79 Å². The van der Waals surface area contributed by atoms with E-state index >= 15 is 0 Å². The molecule has 0 aromatic heterocycles. The number of carboxylic acids is 1. The Hall–Kier alpha value is -0.290. The maximum Gasteiger partial charge on any atom is 0.317 e. The number of alkyl halides is 1. The Morgan fingerprint density at radius 2 is 0.973 bits per heavy atom. The number of carboxylic acid groups (broad SMARTS) is 1. The molecule has 0 amide bonds. The van der Waals surface area contributed by atoms with Gasteiger partial charge in [0.1, 0.15) is 4.83 Å².